The highest BCUT2D eigenvalue weighted by molar-refractivity contribution is 7.00. The molecule has 0 saturated heterocycles. The summed E-state index contributed by atoms with van der Waals surface area (Å²) in [5.74, 6) is 0. The molecule has 1 fully saturated rings. The SMILES string of the molecule is CC(C)(C)c1ccc2c(c1)B1c3ccc(C(C)(C)C)cc3N(c3ccc(C(C)(C)C)cc3-c3ccccc3)c3cc(N4c5ccccc5C5(C)CCCCCCC45C)cc(c31)N2c1ccc(C(C)(C)C)cc1-c1ccccc1. The van der Waals surface area contributed by atoms with E-state index in [4.69, 9.17) is 0 Å². The van der Waals surface area contributed by atoms with Gasteiger partial charge in [0.05, 0.1) is 16.9 Å². The fraction of sp³-hybridized carbons (Fsp3) is 0.351. The molecule has 3 heterocycles. The van der Waals surface area contributed by atoms with Crippen molar-refractivity contribution in [3.8, 4) is 22.3 Å². The van der Waals surface area contributed by atoms with Crippen molar-refractivity contribution in [2.75, 3.05) is 14.7 Å². The van der Waals surface area contributed by atoms with Crippen LogP contribution in [-0.4, -0.2) is 12.3 Å². The van der Waals surface area contributed by atoms with Crippen LogP contribution in [-0.2, 0) is 27.1 Å². The van der Waals surface area contributed by atoms with Crippen molar-refractivity contribution < 1.29 is 0 Å². The van der Waals surface area contributed by atoms with E-state index >= 15 is 0 Å². The van der Waals surface area contributed by atoms with Crippen LogP contribution < -0.4 is 31.1 Å². The van der Waals surface area contributed by atoms with Crippen LogP contribution >= 0.6 is 0 Å². The third-order valence-corrected chi connectivity index (χ3v) is 18.9. The van der Waals surface area contributed by atoms with Gasteiger partial charge in [-0.1, -0.05) is 231 Å². The first-order chi connectivity index (χ1) is 37.0. The number of para-hydroxylation sites is 1. The van der Waals surface area contributed by atoms with Gasteiger partial charge in [0.2, 0.25) is 0 Å². The van der Waals surface area contributed by atoms with Crippen molar-refractivity contribution in [1.82, 2.24) is 0 Å². The van der Waals surface area contributed by atoms with Gasteiger partial charge in [-0.15, -0.1) is 0 Å². The summed E-state index contributed by atoms with van der Waals surface area (Å²) in [5, 5.41) is 0. The van der Waals surface area contributed by atoms with Gasteiger partial charge in [0.15, 0.2) is 0 Å². The molecule has 8 aromatic carbocycles. The van der Waals surface area contributed by atoms with E-state index in [1.165, 1.54) is 144 Å². The second-order valence-corrected chi connectivity index (χ2v) is 28.1. The van der Waals surface area contributed by atoms with Gasteiger partial charge >= 0.3 is 0 Å². The molecule has 8 aromatic rings. The lowest BCUT2D eigenvalue weighted by molar-refractivity contribution is 0.218. The van der Waals surface area contributed by atoms with E-state index < -0.39 is 0 Å². The average molecular weight is 1020 g/mol. The molecule has 0 spiro atoms. The molecule has 1 saturated carbocycles. The van der Waals surface area contributed by atoms with Crippen molar-refractivity contribution in [1.29, 1.82) is 0 Å². The molecule has 3 nitrogen and oxygen atoms in total. The average Bonchev–Trinajstić information content (AvgIpc) is 3.21. The number of nitrogens with zero attached hydrogens (tertiary/aromatic N) is 3. The molecule has 2 unspecified atom stereocenters. The summed E-state index contributed by atoms with van der Waals surface area (Å²) in [5.41, 5.74) is 25.3. The van der Waals surface area contributed by atoms with E-state index in [-0.39, 0.29) is 39.3 Å². The predicted molar refractivity (Wildman–Crippen MR) is 338 cm³/mol. The summed E-state index contributed by atoms with van der Waals surface area (Å²) in [4.78, 5) is 8.26. The first-order valence-electron chi connectivity index (χ1n) is 29.3. The third kappa shape index (κ3) is 8.37. The number of benzene rings is 8. The van der Waals surface area contributed by atoms with Gasteiger partial charge in [-0.2, -0.15) is 0 Å². The van der Waals surface area contributed by atoms with Gasteiger partial charge in [-0.25, -0.2) is 0 Å². The molecular weight excluding hydrogens is 942 g/mol. The number of hydrogen-bond donors (Lipinski definition) is 0. The molecule has 4 aliphatic rings. The van der Waals surface area contributed by atoms with Gasteiger partial charge in [-0.05, 0) is 151 Å². The Kier molecular flexibility index (Phi) is 12.3. The fourth-order valence-corrected chi connectivity index (χ4v) is 14.1. The first kappa shape index (κ1) is 52.0. The van der Waals surface area contributed by atoms with Crippen LogP contribution in [0, 0.1) is 0 Å². The second-order valence-electron chi connectivity index (χ2n) is 28.1. The lowest BCUT2D eigenvalue weighted by Crippen LogP contribution is -2.62. The summed E-state index contributed by atoms with van der Waals surface area (Å²) in [6.07, 6.45) is 7.31. The zero-order valence-corrected chi connectivity index (χ0v) is 49.3. The molecule has 0 N–H and O–H groups in total. The minimum Gasteiger partial charge on any atom is -0.334 e. The minimum atomic E-state index is -0.180. The van der Waals surface area contributed by atoms with Crippen LogP contribution in [0.5, 0.6) is 0 Å². The summed E-state index contributed by atoms with van der Waals surface area (Å²) in [7, 11) is 0. The molecule has 4 heteroatoms. The van der Waals surface area contributed by atoms with Crippen LogP contribution in [0.4, 0.5) is 45.5 Å². The highest BCUT2D eigenvalue weighted by Gasteiger charge is 2.57. The maximum Gasteiger partial charge on any atom is 0.252 e. The van der Waals surface area contributed by atoms with Crippen LogP contribution in [0.2, 0.25) is 0 Å². The van der Waals surface area contributed by atoms with Crippen LogP contribution in [0.15, 0.2) is 170 Å². The number of rotatable bonds is 5. The Morgan fingerprint density at radius 3 is 1.36 bits per heavy atom. The maximum absolute atomic E-state index is 2.84. The Morgan fingerprint density at radius 2 is 0.821 bits per heavy atom. The van der Waals surface area contributed by atoms with E-state index in [2.05, 4.69) is 281 Å². The number of anilines is 8. The molecule has 0 radical (unpaired) electrons. The molecule has 1 aliphatic carbocycles. The van der Waals surface area contributed by atoms with Gasteiger partial charge in [0, 0.05) is 50.7 Å². The van der Waals surface area contributed by atoms with Crippen LogP contribution in [0.1, 0.15) is 163 Å². The molecule has 0 bridgehead atoms. The lowest BCUT2D eigenvalue weighted by atomic mass is 9.33. The quantitative estimate of drug-likeness (QED) is 0.159. The molecule has 0 amide bonds. The summed E-state index contributed by atoms with van der Waals surface area (Å²) in [6.45, 7) is 33.5. The largest absolute Gasteiger partial charge is 0.334 e. The van der Waals surface area contributed by atoms with Crippen LogP contribution in [0.25, 0.3) is 22.3 Å². The molecular formula is C74H82BN3. The zero-order valence-electron chi connectivity index (χ0n) is 49.3. The van der Waals surface area contributed by atoms with Gasteiger partial charge < -0.3 is 14.7 Å². The Labute approximate surface area is 468 Å². The zero-order chi connectivity index (χ0) is 54.9. The van der Waals surface area contributed by atoms with E-state index in [0.29, 0.717) is 0 Å². The molecule has 3 aliphatic heterocycles. The van der Waals surface area contributed by atoms with Gasteiger partial charge in [-0.3, -0.25) is 0 Å². The topological polar surface area (TPSA) is 9.72 Å². The van der Waals surface area contributed by atoms with E-state index in [9.17, 15) is 0 Å². The monoisotopic (exact) mass is 1020 g/mol. The lowest BCUT2D eigenvalue weighted by Gasteiger charge is -2.50. The standard InChI is InChI=1S/C74H82BN3/c1-69(2,3)51-34-38-61(56(43-51)49-27-19-17-20-28-49)76-64-40-36-53(71(7,8)9)45-60(64)75-59-37-33-54(72(10,11)12)46-65(59)77(62-39-35-52(70(4,5)6)44-57(62)50-29-21-18-22-30-50)67-48-55(47-66(76)68(67)75)78-63-32-24-23-31-58(63)73(13)41-25-15-16-26-42-74(73,78)14/h17-24,27-40,43-48H,15-16,25-26,41-42H2,1-14H3. The predicted octanol–water partition coefficient (Wildman–Crippen LogP) is 18.8. The fourth-order valence-electron chi connectivity index (χ4n) is 14.1. The highest BCUT2D eigenvalue weighted by Crippen LogP contribution is 2.61. The summed E-state index contributed by atoms with van der Waals surface area (Å²) < 4.78 is 0. The molecule has 0 aromatic heterocycles. The Hall–Kier alpha value is -6.78. The summed E-state index contributed by atoms with van der Waals surface area (Å²) >= 11 is 0. The Morgan fingerprint density at radius 1 is 0.372 bits per heavy atom. The van der Waals surface area contributed by atoms with Gasteiger partial charge in [0.25, 0.3) is 6.71 Å². The van der Waals surface area contributed by atoms with Gasteiger partial charge in [0.1, 0.15) is 0 Å². The maximum atomic E-state index is 2.84. The number of fused-ring (bicyclic) bond motifs is 7. The van der Waals surface area contributed by atoms with Crippen LogP contribution in [0.3, 0.4) is 0 Å². The van der Waals surface area contributed by atoms with Crippen molar-refractivity contribution in [3.63, 3.8) is 0 Å². The number of hydrogen-bond acceptors (Lipinski definition) is 3. The third-order valence-electron chi connectivity index (χ3n) is 18.9. The first-order valence-corrected chi connectivity index (χ1v) is 29.3. The van der Waals surface area contributed by atoms with Crippen molar-refractivity contribution in [2.45, 2.75) is 168 Å². The van der Waals surface area contributed by atoms with Crippen molar-refractivity contribution >= 4 is 68.6 Å². The molecule has 2 atom stereocenters. The summed E-state index contributed by atoms with van der Waals surface area (Å²) in [6, 6.07) is 66.8. The highest BCUT2D eigenvalue weighted by atomic mass is 15.3. The molecule has 12 rings (SSSR count). The van der Waals surface area contributed by atoms with Crippen molar-refractivity contribution in [3.05, 3.63) is 198 Å². The minimum absolute atomic E-state index is 0.0459. The smallest absolute Gasteiger partial charge is 0.252 e. The van der Waals surface area contributed by atoms with E-state index in [1.54, 1.807) is 0 Å². The molecule has 78 heavy (non-hydrogen) atoms. The normalized spacial score (nSPS) is 19.1. The van der Waals surface area contributed by atoms with E-state index in [1.807, 2.05) is 0 Å². The Bertz CT molecular complexity index is 3620. The Balaban J connectivity index is 1.27. The molecule has 396 valence electrons. The second kappa shape index (κ2) is 18.4. The van der Waals surface area contributed by atoms with Crippen molar-refractivity contribution in [2.24, 2.45) is 0 Å². The van der Waals surface area contributed by atoms with E-state index in [0.717, 1.165) is 6.42 Å².